The van der Waals surface area contributed by atoms with Gasteiger partial charge in [0.2, 0.25) is 11.8 Å². The molecule has 1 heterocycles. The van der Waals surface area contributed by atoms with Crippen LogP contribution in [-0.2, 0) is 16.1 Å². The van der Waals surface area contributed by atoms with Gasteiger partial charge in [-0.05, 0) is 29.9 Å². The SMILES string of the molecule is N#Cc1ccccc1CN1C(=O)[C@@H]2[C@H](C1=O)[C@H]1C=C[C@H]2C1. The molecule has 2 aliphatic carbocycles. The standard InChI is InChI=1S/C17H14N2O2/c18-8-12-3-1-2-4-13(12)9-19-16(20)14-10-5-6-11(7-10)15(14)17(19)21/h1-6,10-11,14-15H,7,9H2/t10-,11-,14-,15+/m0/s1. The highest BCUT2D eigenvalue weighted by Crippen LogP contribution is 2.52. The van der Waals surface area contributed by atoms with Crippen molar-refractivity contribution in [3.63, 3.8) is 0 Å². The molecule has 4 heteroatoms. The van der Waals surface area contributed by atoms with Gasteiger partial charge in [-0.2, -0.15) is 5.26 Å². The van der Waals surface area contributed by atoms with E-state index in [1.807, 2.05) is 6.07 Å². The van der Waals surface area contributed by atoms with Gasteiger partial charge in [-0.3, -0.25) is 14.5 Å². The molecule has 2 fully saturated rings. The van der Waals surface area contributed by atoms with Gasteiger partial charge in [-0.25, -0.2) is 0 Å². The van der Waals surface area contributed by atoms with E-state index < -0.39 is 0 Å². The molecular formula is C17H14N2O2. The Kier molecular flexibility index (Phi) is 2.52. The van der Waals surface area contributed by atoms with E-state index in [2.05, 4.69) is 18.2 Å². The molecule has 2 amide bonds. The minimum Gasteiger partial charge on any atom is -0.278 e. The smallest absolute Gasteiger partial charge is 0.234 e. The summed E-state index contributed by atoms with van der Waals surface area (Å²) in [6.07, 6.45) is 5.11. The number of fused-ring (bicyclic) bond motifs is 5. The van der Waals surface area contributed by atoms with E-state index in [1.54, 1.807) is 18.2 Å². The van der Waals surface area contributed by atoms with Crippen molar-refractivity contribution in [1.29, 1.82) is 5.26 Å². The normalized spacial score (nSPS) is 32.6. The number of allylic oxidation sites excluding steroid dienone is 2. The second kappa shape index (κ2) is 4.29. The number of nitrogens with zero attached hydrogens (tertiary/aromatic N) is 2. The largest absolute Gasteiger partial charge is 0.278 e. The Balaban J connectivity index is 1.65. The molecule has 1 aliphatic heterocycles. The molecule has 0 unspecified atom stereocenters. The summed E-state index contributed by atoms with van der Waals surface area (Å²) in [5.74, 6) is 0.00741. The lowest BCUT2D eigenvalue weighted by atomic mass is 9.85. The summed E-state index contributed by atoms with van der Waals surface area (Å²) < 4.78 is 0. The highest BCUT2D eigenvalue weighted by atomic mass is 16.2. The second-order valence-electron chi connectivity index (χ2n) is 6.03. The number of amides is 2. The minimum absolute atomic E-state index is 0.0606. The van der Waals surface area contributed by atoms with Crippen LogP contribution in [0.15, 0.2) is 36.4 Å². The van der Waals surface area contributed by atoms with Crippen LogP contribution in [0.3, 0.4) is 0 Å². The second-order valence-corrected chi connectivity index (χ2v) is 6.03. The van der Waals surface area contributed by atoms with E-state index in [4.69, 9.17) is 5.26 Å². The Morgan fingerprint density at radius 2 is 1.71 bits per heavy atom. The van der Waals surface area contributed by atoms with Crippen molar-refractivity contribution in [2.45, 2.75) is 13.0 Å². The first-order valence-corrected chi connectivity index (χ1v) is 7.22. The summed E-state index contributed by atoms with van der Waals surface area (Å²) >= 11 is 0. The summed E-state index contributed by atoms with van der Waals surface area (Å²) in [7, 11) is 0. The van der Waals surface area contributed by atoms with E-state index in [9.17, 15) is 9.59 Å². The summed E-state index contributed by atoms with van der Waals surface area (Å²) in [4.78, 5) is 26.5. The van der Waals surface area contributed by atoms with E-state index in [1.165, 1.54) is 4.90 Å². The fraction of sp³-hybridized carbons (Fsp3) is 0.353. The van der Waals surface area contributed by atoms with Gasteiger partial charge in [-0.1, -0.05) is 30.4 Å². The van der Waals surface area contributed by atoms with Crippen molar-refractivity contribution in [2.24, 2.45) is 23.7 Å². The number of carbonyl (C=O) groups excluding carboxylic acids is 2. The fourth-order valence-electron chi connectivity index (χ4n) is 4.06. The fourth-order valence-corrected chi connectivity index (χ4v) is 4.06. The molecule has 4 atom stereocenters. The van der Waals surface area contributed by atoms with Crippen molar-refractivity contribution in [3.8, 4) is 6.07 Å². The lowest BCUT2D eigenvalue weighted by Crippen LogP contribution is -2.32. The molecule has 1 saturated heterocycles. The zero-order valence-electron chi connectivity index (χ0n) is 11.4. The zero-order valence-corrected chi connectivity index (χ0v) is 11.4. The molecule has 1 aromatic carbocycles. The Hall–Kier alpha value is -2.41. The number of hydrogen-bond acceptors (Lipinski definition) is 3. The van der Waals surface area contributed by atoms with Crippen molar-refractivity contribution in [1.82, 2.24) is 4.90 Å². The number of rotatable bonds is 2. The van der Waals surface area contributed by atoms with Crippen molar-refractivity contribution in [3.05, 3.63) is 47.5 Å². The lowest BCUT2D eigenvalue weighted by Gasteiger charge is -2.17. The van der Waals surface area contributed by atoms with E-state index in [0.717, 1.165) is 12.0 Å². The molecule has 0 N–H and O–H groups in total. The predicted octanol–water partition coefficient (Wildman–Crippen LogP) is 1.87. The molecule has 4 rings (SSSR count). The molecule has 1 aromatic rings. The van der Waals surface area contributed by atoms with Crippen LogP contribution in [0.5, 0.6) is 0 Å². The average molecular weight is 278 g/mol. The zero-order chi connectivity index (χ0) is 14.6. The van der Waals surface area contributed by atoms with Gasteiger partial charge in [0.1, 0.15) is 0 Å². The maximum atomic E-state index is 12.6. The highest BCUT2D eigenvalue weighted by Gasteiger charge is 2.59. The van der Waals surface area contributed by atoms with Crippen LogP contribution in [0.25, 0.3) is 0 Å². The average Bonchev–Trinajstić information content (AvgIpc) is 3.17. The Bertz CT molecular complexity index is 686. The molecule has 21 heavy (non-hydrogen) atoms. The number of imide groups is 1. The Morgan fingerprint density at radius 1 is 1.10 bits per heavy atom. The molecule has 0 spiro atoms. The summed E-state index contributed by atoms with van der Waals surface area (Å²) in [6, 6.07) is 9.25. The number of nitriles is 1. The van der Waals surface area contributed by atoms with Gasteiger partial charge in [-0.15, -0.1) is 0 Å². The van der Waals surface area contributed by atoms with E-state index in [0.29, 0.717) is 5.56 Å². The highest BCUT2D eigenvalue weighted by molar-refractivity contribution is 6.06. The number of benzene rings is 1. The number of carbonyl (C=O) groups is 2. The summed E-state index contributed by atoms with van der Waals surface area (Å²) in [6.45, 7) is 0.216. The van der Waals surface area contributed by atoms with Crippen LogP contribution < -0.4 is 0 Å². The first-order valence-electron chi connectivity index (χ1n) is 7.22. The van der Waals surface area contributed by atoms with Crippen LogP contribution in [0, 0.1) is 35.0 Å². The van der Waals surface area contributed by atoms with Crippen LogP contribution in [0.2, 0.25) is 0 Å². The van der Waals surface area contributed by atoms with Gasteiger partial charge < -0.3 is 0 Å². The maximum Gasteiger partial charge on any atom is 0.234 e. The third-order valence-electron chi connectivity index (χ3n) is 5.03. The molecule has 2 bridgehead atoms. The van der Waals surface area contributed by atoms with Crippen molar-refractivity contribution in [2.75, 3.05) is 0 Å². The van der Waals surface area contributed by atoms with Gasteiger partial charge in [0, 0.05) is 0 Å². The van der Waals surface area contributed by atoms with Crippen LogP contribution in [0.4, 0.5) is 0 Å². The Morgan fingerprint density at radius 3 is 2.33 bits per heavy atom. The molecule has 0 radical (unpaired) electrons. The first-order chi connectivity index (χ1) is 10.2. The van der Waals surface area contributed by atoms with Crippen molar-refractivity contribution < 1.29 is 9.59 Å². The topological polar surface area (TPSA) is 61.2 Å². The third-order valence-corrected chi connectivity index (χ3v) is 5.03. The van der Waals surface area contributed by atoms with Gasteiger partial charge in [0.25, 0.3) is 0 Å². The van der Waals surface area contributed by atoms with Gasteiger partial charge >= 0.3 is 0 Å². The monoisotopic (exact) mass is 278 g/mol. The molecular weight excluding hydrogens is 264 g/mol. The lowest BCUT2D eigenvalue weighted by molar-refractivity contribution is -0.141. The summed E-state index contributed by atoms with van der Waals surface area (Å²) in [5, 5.41) is 9.13. The van der Waals surface area contributed by atoms with Crippen LogP contribution in [-0.4, -0.2) is 16.7 Å². The van der Waals surface area contributed by atoms with Crippen LogP contribution >= 0.6 is 0 Å². The molecule has 3 aliphatic rings. The van der Waals surface area contributed by atoms with Gasteiger partial charge in [0.15, 0.2) is 0 Å². The number of likely N-dealkylation sites (tertiary alicyclic amines) is 1. The number of hydrogen-bond donors (Lipinski definition) is 0. The van der Waals surface area contributed by atoms with E-state index >= 15 is 0 Å². The minimum atomic E-state index is -0.165. The predicted molar refractivity (Wildman–Crippen MR) is 74.4 cm³/mol. The molecule has 1 saturated carbocycles. The van der Waals surface area contributed by atoms with Crippen LogP contribution in [0.1, 0.15) is 17.5 Å². The Labute approximate surface area is 122 Å². The maximum absolute atomic E-state index is 12.6. The summed E-state index contributed by atoms with van der Waals surface area (Å²) in [5.41, 5.74) is 1.26. The van der Waals surface area contributed by atoms with Crippen molar-refractivity contribution >= 4 is 11.8 Å². The quantitative estimate of drug-likeness (QED) is 0.613. The molecule has 0 aromatic heterocycles. The third kappa shape index (κ3) is 1.61. The van der Waals surface area contributed by atoms with Gasteiger partial charge in [0.05, 0.1) is 30.0 Å². The molecule has 4 nitrogen and oxygen atoms in total. The first kappa shape index (κ1) is 12.3. The molecule has 104 valence electrons. The van der Waals surface area contributed by atoms with E-state index in [-0.39, 0.29) is 42.0 Å².